The molecule has 0 aliphatic rings. The van der Waals surface area contributed by atoms with E-state index in [1.807, 2.05) is 101 Å². The largest absolute Gasteiger partial charge is 0.473 e. The number of rotatable bonds is 6. The van der Waals surface area contributed by atoms with E-state index < -0.39 is 0 Å². The zero-order valence-electron chi connectivity index (χ0n) is 17.6. The fraction of sp³-hybridized carbons (Fsp3) is 0.0385. The van der Waals surface area contributed by atoms with Crippen LogP contribution >= 0.6 is 16.1 Å². The van der Waals surface area contributed by atoms with E-state index in [4.69, 9.17) is 10.5 Å². The Balaban J connectivity index is 1.44. The Labute approximate surface area is 200 Å². The van der Waals surface area contributed by atoms with E-state index in [-0.39, 0.29) is 5.95 Å². The Kier molecular flexibility index (Phi) is 5.87. The molecular formula is C26H20BrN5O. The summed E-state index contributed by atoms with van der Waals surface area (Å²) in [6, 6.07) is 29.8. The molecule has 162 valence electrons. The van der Waals surface area contributed by atoms with Crippen LogP contribution in [0.15, 0.2) is 97.2 Å². The summed E-state index contributed by atoms with van der Waals surface area (Å²) in [6.45, 7) is 0.478. The number of pyridine rings is 1. The number of para-hydroxylation sites is 1. The van der Waals surface area contributed by atoms with Crippen LogP contribution in [0, 0.1) is 0 Å². The van der Waals surface area contributed by atoms with Gasteiger partial charge in [-0.2, -0.15) is 4.98 Å². The zero-order chi connectivity index (χ0) is 22.6. The van der Waals surface area contributed by atoms with Crippen molar-refractivity contribution in [2.24, 2.45) is 0 Å². The lowest BCUT2D eigenvalue weighted by Crippen LogP contribution is -2.07. The van der Waals surface area contributed by atoms with Gasteiger partial charge in [-0.25, -0.2) is 9.97 Å². The van der Waals surface area contributed by atoms with Gasteiger partial charge in [-0.15, -0.1) is 0 Å². The van der Waals surface area contributed by atoms with Crippen molar-refractivity contribution >= 4 is 44.5 Å². The summed E-state index contributed by atoms with van der Waals surface area (Å²) < 4.78 is 7.64. The molecule has 0 radical (unpaired) electrons. The molecule has 0 amide bonds. The third-order valence-electron chi connectivity index (χ3n) is 5.16. The molecule has 5 aromatic rings. The van der Waals surface area contributed by atoms with E-state index in [1.165, 1.54) is 0 Å². The second-order valence-electron chi connectivity index (χ2n) is 7.41. The highest BCUT2D eigenvalue weighted by Crippen LogP contribution is 2.35. The average Bonchev–Trinajstić information content (AvgIpc) is 2.88. The Morgan fingerprint density at radius 1 is 0.818 bits per heavy atom. The van der Waals surface area contributed by atoms with Crippen molar-refractivity contribution < 1.29 is 4.74 Å². The Bertz CT molecular complexity index is 1380. The number of fused-ring (bicyclic) bond motifs is 1. The van der Waals surface area contributed by atoms with Crippen LogP contribution in [-0.2, 0) is 6.61 Å². The molecular weight excluding hydrogens is 478 g/mol. The number of hydrogen-bond donors (Lipinski definition) is 1. The lowest BCUT2D eigenvalue weighted by Gasteiger charge is -2.18. The van der Waals surface area contributed by atoms with Crippen molar-refractivity contribution in [1.29, 1.82) is 0 Å². The number of benzene rings is 3. The molecule has 2 aromatic heterocycles. The van der Waals surface area contributed by atoms with Crippen molar-refractivity contribution in [3.05, 3.63) is 103 Å². The molecule has 0 saturated heterocycles. The van der Waals surface area contributed by atoms with Gasteiger partial charge in [0.2, 0.25) is 11.8 Å². The Hall–Kier alpha value is -3.97. The molecule has 3 aromatic carbocycles. The maximum absolute atomic E-state index is 5.98. The fourth-order valence-electron chi connectivity index (χ4n) is 3.51. The average molecular weight is 498 g/mol. The molecule has 33 heavy (non-hydrogen) atoms. The van der Waals surface area contributed by atoms with E-state index >= 15 is 0 Å². The van der Waals surface area contributed by atoms with Gasteiger partial charge in [0, 0.05) is 23.2 Å². The fourth-order valence-corrected chi connectivity index (χ4v) is 4.01. The molecule has 0 bridgehead atoms. The van der Waals surface area contributed by atoms with Crippen molar-refractivity contribution in [1.82, 2.24) is 15.0 Å². The standard InChI is InChI=1S/C26H20BrN5O/c27-32(21-9-5-2-6-10-21)25-22-15-19(11-13-23(22)30-26(28)31-25)20-12-14-24(29-16-20)33-17-18-7-3-1-4-8-18/h1-16H,17H2,(H2,28,30,31). The van der Waals surface area contributed by atoms with Gasteiger partial charge in [-0.1, -0.05) is 54.6 Å². The minimum absolute atomic E-state index is 0.215. The number of nitrogens with zero attached hydrogens (tertiary/aromatic N) is 4. The topological polar surface area (TPSA) is 77.2 Å². The smallest absolute Gasteiger partial charge is 0.222 e. The first-order valence-electron chi connectivity index (χ1n) is 10.4. The quantitative estimate of drug-likeness (QED) is 0.277. The van der Waals surface area contributed by atoms with Crippen LogP contribution in [0.1, 0.15) is 5.56 Å². The molecule has 0 atom stereocenters. The number of halogens is 1. The van der Waals surface area contributed by atoms with Crippen molar-refractivity contribution in [3.63, 3.8) is 0 Å². The predicted octanol–water partition coefficient (Wildman–Crippen LogP) is 6.30. The van der Waals surface area contributed by atoms with Crippen LogP contribution in [0.3, 0.4) is 0 Å². The molecule has 0 saturated carbocycles. The molecule has 0 spiro atoms. The van der Waals surface area contributed by atoms with Gasteiger partial charge in [0.05, 0.1) is 27.4 Å². The van der Waals surface area contributed by atoms with Crippen LogP contribution in [0.4, 0.5) is 17.5 Å². The second kappa shape index (κ2) is 9.26. The lowest BCUT2D eigenvalue weighted by molar-refractivity contribution is 0.294. The van der Waals surface area contributed by atoms with E-state index in [2.05, 4.69) is 31.1 Å². The first-order chi connectivity index (χ1) is 16.2. The maximum atomic E-state index is 5.98. The van der Waals surface area contributed by atoms with E-state index in [1.54, 1.807) is 0 Å². The second-order valence-corrected chi connectivity index (χ2v) is 8.12. The molecule has 5 rings (SSSR count). The first-order valence-corrected chi connectivity index (χ1v) is 11.1. The summed E-state index contributed by atoms with van der Waals surface area (Å²) in [7, 11) is 0. The third-order valence-corrected chi connectivity index (χ3v) is 5.91. The van der Waals surface area contributed by atoms with E-state index in [0.717, 1.165) is 33.3 Å². The van der Waals surface area contributed by atoms with Crippen LogP contribution in [0.2, 0.25) is 0 Å². The highest BCUT2D eigenvalue weighted by molar-refractivity contribution is 9.10. The predicted molar refractivity (Wildman–Crippen MR) is 135 cm³/mol. The highest BCUT2D eigenvalue weighted by Gasteiger charge is 2.15. The van der Waals surface area contributed by atoms with Crippen LogP contribution < -0.4 is 14.4 Å². The molecule has 7 heteroatoms. The van der Waals surface area contributed by atoms with Gasteiger partial charge in [0.15, 0.2) is 5.82 Å². The number of anilines is 3. The van der Waals surface area contributed by atoms with Gasteiger partial charge in [-0.3, -0.25) is 3.93 Å². The van der Waals surface area contributed by atoms with Gasteiger partial charge in [0.1, 0.15) is 6.61 Å². The summed E-state index contributed by atoms with van der Waals surface area (Å²) in [5.41, 5.74) is 10.7. The van der Waals surface area contributed by atoms with Gasteiger partial charge in [-0.05, 0) is 41.5 Å². The summed E-state index contributed by atoms with van der Waals surface area (Å²) in [4.78, 5) is 13.4. The molecule has 0 fully saturated rings. The van der Waals surface area contributed by atoms with Gasteiger partial charge >= 0.3 is 0 Å². The number of ether oxygens (including phenoxy) is 1. The molecule has 6 nitrogen and oxygen atoms in total. The summed E-state index contributed by atoms with van der Waals surface area (Å²) in [5.74, 6) is 1.46. The number of hydrogen-bond acceptors (Lipinski definition) is 6. The van der Waals surface area contributed by atoms with Crippen molar-refractivity contribution in [3.8, 4) is 17.0 Å². The maximum Gasteiger partial charge on any atom is 0.222 e. The SMILES string of the molecule is Nc1nc(N(Br)c2ccccc2)c2cc(-c3ccc(OCc4ccccc4)nc3)ccc2n1. The minimum Gasteiger partial charge on any atom is -0.473 e. The molecule has 0 aliphatic carbocycles. The molecule has 0 aliphatic heterocycles. The summed E-state index contributed by atoms with van der Waals surface area (Å²) in [5, 5.41) is 0.867. The summed E-state index contributed by atoms with van der Waals surface area (Å²) >= 11 is 3.63. The van der Waals surface area contributed by atoms with Crippen LogP contribution in [-0.4, -0.2) is 15.0 Å². The number of nitrogens with two attached hydrogens (primary N) is 1. The normalized spacial score (nSPS) is 10.8. The van der Waals surface area contributed by atoms with Crippen molar-refractivity contribution in [2.45, 2.75) is 6.61 Å². The molecule has 2 N–H and O–H groups in total. The van der Waals surface area contributed by atoms with Crippen LogP contribution in [0.5, 0.6) is 5.88 Å². The Morgan fingerprint density at radius 2 is 1.55 bits per heavy atom. The third kappa shape index (κ3) is 4.63. The number of aromatic nitrogens is 3. The monoisotopic (exact) mass is 497 g/mol. The van der Waals surface area contributed by atoms with E-state index in [0.29, 0.717) is 18.3 Å². The number of nitrogen functional groups attached to an aromatic ring is 1. The van der Waals surface area contributed by atoms with Gasteiger partial charge in [0.25, 0.3) is 0 Å². The van der Waals surface area contributed by atoms with E-state index in [9.17, 15) is 0 Å². The lowest BCUT2D eigenvalue weighted by atomic mass is 10.1. The Morgan fingerprint density at radius 3 is 2.27 bits per heavy atom. The minimum atomic E-state index is 0.215. The first kappa shape index (κ1) is 20.9. The summed E-state index contributed by atoms with van der Waals surface area (Å²) in [6.07, 6.45) is 1.81. The highest BCUT2D eigenvalue weighted by atomic mass is 79.9. The van der Waals surface area contributed by atoms with Crippen molar-refractivity contribution in [2.75, 3.05) is 9.66 Å². The molecule has 0 unspecified atom stereocenters. The zero-order valence-corrected chi connectivity index (χ0v) is 19.2. The molecule has 2 heterocycles. The van der Waals surface area contributed by atoms with Gasteiger partial charge < -0.3 is 10.5 Å². The van der Waals surface area contributed by atoms with Crippen LogP contribution in [0.25, 0.3) is 22.0 Å².